The zero-order valence-electron chi connectivity index (χ0n) is 11.0. The van der Waals surface area contributed by atoms with Gasteiger partial charge in [-0.15, -0.1) is 0 Å². The van der Waals surface area contributed by atoms with Crippen LogP contribution in [0.3, 0.4) is 0 Å². The maximum Gasteiger partial charge on any atom is 0.317 e. The average Bonchev–Trinajstić information content (AvgIpc) is 2.36. The number of urea groups is 1. The fraction of sp³-hybridized carbons (Fsp3) is 0.357. The van der Waals surface area contributed by atoms with Gasteiger partial charge in [-0.3, -0.25) is 0 Å². The molecular weight excluding hydrogens is 226 g/mol. The molecule has 2 amide bonds. The lowest BCUT2D eigenvalue weighted by Gasteiger charge is -2.18. The molecule has 3 N–H and O–H groups in total. The van der Waals surface area contributed by atoms with E-state index in [0.717, 1.165) is 11.1 Å². The van der Waals surface area contributed by atoms with Crippen LogP contribution in [-0.4, -0.2) is 31.6 Å². The molecule has 1 unspecified atom stereocenters. The van der Waals surface area contributed by atoms with Crippen molar-refractivity contribution in [3.8, 4) is 11.8 Å². The molecule has 1 aromatic carbocycles. The number of hydrogen-bond donors (Lipinski definition) is 2. The molecule has 0 radical (unpaired) electrons. The van der Waals surface area contributed by atoms with Crippen molar-refractivity contribution < 1.29 is 4.79 Å². The molecule has 96 valence electrons. The number of nitrogens with zero attached hydrogens (tertiary/aromatic N) is 1. The highest BCUT2D eigenvalue weighted by Crippen LogP contribution is 2.13. The summed E-state index contributed by atoms with van der Waals surface area (Å²) in [7, 11) is 3.43. The van der Waals surface area contributed by atoms with Crippen LogP contribution in [0.4, 0.5) is 4.79 Å². The summed E-state index contributed by atoms with van der Waals surface area (Å²) in [6, 6.07) is 7.61. The third-order valence-electron chi connectivity index (χ3n) is 2.47. The molecule has 4 heteroatoms. The van der Waals surface area contributed by atoms with Gasteiger partial charge < -0.3 is 16.0 Å². The van der Waals surface area contributed by atoms with Crippen molar-refractivity contribution in [1.29, 1.82) is 0 Å². The van der Waals surface area contributed by atoms with Crippen LogP contribution in [0, 0.1) is 11.8 Å². The number of rotatable bonds is 2. The molecule has 0 spiro atoms. The van der Waals surface area contributed by atoms with E-state index >= 15 is 0 Å². The van der Waals surface area contributed by atoms with Crippen molar-refractivity contribution >= 4 is 6.03 Å². The predicted molar refractivity (Wildman–Crippen MR) is 73.0 cm³/mol. The van der Waals surface area contributed by atoms with Gasteiger partial charge in [-0.2, -0.15) is 0 Å². The summed E-state index contributed by atoms with van der Waals surface area (Å²) in [6.45, 7) is 2.29. The molecule has 1 rings (SSSR count). The van der Waals surface area contributed by atoms with Gasteiger partial charge in [-0.25, -0.2) is 4.79 Å². The van der Waals surface area contributed by atoms with Gasteiger partial charge in [0, 0.05) is 19.7 Å². The molecule has 1 aromatic rings. The summed E-state index contributed by atoms with van der Waals surface area (Å²) in [5.41, 5.74) is 7.27. The quantitative estimate of drug-likeness (QED) is 0.772. The first-order chi connectivity index (χ1) is 8.54. The molecule has 18 heavy (non-hydrogen) atoms. The molecule has 0 aliphatic rings. The topological polar surface area (TPSA) is 58.4 Å². The molecule has 0 aromatic heterocycles. The summed E-state index contributed by atoms with van der Waals surface area (Å²) in [5.74, 6) is 5.79. The number of hydrogen-bond acceptors (Lipinski definition) is 2. The van der Waals surface area contributed by atoms with Crippen molar-refractivity contribution in [2.75, 3.05) is 20.6 Å². The average molecular weight is 245 g/mol. The van der Waals surface area contributed by atoms with Crippen molar-refractivity contribution in [3.63, 3.8) is 0 Å². The Morgan fingerprint density at radius 2 is 2.22 bits per heavy atom. The molecule has 0 saturated carbocycles. The number of nitrogens with two attached hydrogens (primary N) is 1. The van der Waals surface area contributed by atoms with Crippen LogP contribution in [0.15, 0.2) is 24.3 Å². The zero-order chi connectivity index (χ0) is 13.5. The van der Waals surface area contributed by atoms with E-state index in [0.29, 0.717) is 6.54 Å². The number of carbonyl (C=O) groups excluding carboxylic acids is 1. The fourth-order valence-electron chi connectivity index (χ4n) is 1.44. The maximum atomic E-state index is 11.6. The van der Waals surface area contributed by atoms with E-state index < -0.39 is 0 Å². The van der Waals surface area contributed by atoms with E-state index in [-0.39, 0.29) is 12.1 Å². The molecular formula is C14H19N3O. The van der Waals surface area contributed by atoms with Gasteiger partial charge in [0.1, 0.15) is 0 Å². The molecule has 0 fully saturated rings. The van der Waals surface area contributed by atoms with E-state index in [4.69, 9.17) is 5.73 Å². The number of nitrogens with one attached hydrogen (secondary N) is 1. The van der Waals surface area contributed by atoms with Gasteiger partial charge in [0.2, 0.25) is 0 Å². The van der Waals surface area contributed by atoms with Crippen molar-refractivity contribution in [3.05, 3.63) is 35.4 Å². The molecule has 0 aliphatic carbocycles. The number of amides is 2. The minimum absolute atomic E-state index is 0.0560. The van der Waals surface area contributed by atoms with Crippen LogP contribution in [0.1, 0.15) is 24.1 Å². The highest BCUT2D eigenvalue weighted by atomic mass is 16.2. The lowest BCUT2D eigenvalue weighted by Crippen LogP contribution is -2.36. The molecule has 4 nitrogen and oxygen atoms in total. The van der Waals surface area contributed by atoms with Gasteiger partial charge in [0.25, 0.3) is 0 Å². The van der Waals surface area contributed by atoms with E-state index in [1.807, 2.05) is 31.2 Å². The summed E-state index contributed by atoms with van der Waals surface area (Å²) in [5, 5.41) is 2.89. The highest BCUT2D eigenvalue weighted by Gasteiger charge is 2.10. The van der Waals surface area contributed by atoms with Gasteiger partial charge in [-0.05, 0) is 24.6 Å². The second-order valence-corrected chi connectivity index (χ2v) is 4.20. The Morgan fingerprint density at radius 3 is 2.83 bits per heavy atom. The van der Waals surface area contributed by atoms with Crippen LogP contribution in [0.5, 0.6) is 0 Å². The van der Waals surface area contributed by atoms with Crippen LogP contribution in [0.2, 0.25) is 0 Å². The van der Waals surface area contributed by atoms with Crippen LogP contribution < -0.4 is 11.1 Å². The van der Waals surface area contributed by atoms with Gasteiger partial charge in [-0.1, -0.05) is 24.0 Å². The second kappa shape index (κ2) is 6.67. The zero-order valence-corrected chi connectivity index (χ0v) is 11.0. The van der Waals surface area contributed by atoms with E-state index in [1.165, 1.54) is 4.90 Å². The maximum absolute atomic E-state index is 11.6. The molecule has 0 heterocycles. The van der Waals surface area contributed by atoms with E-state index in [1.54, 1.807) is 14.1 Å². The standard InChI is InChI=1S/C14H19N3O/c1-11(16-14(18)17(2)3)13-8-4-6-12(10-13)7-5-9-15/h4,6,8,10-11H,9,15H2,1-3H3,(H,16,18). The number of benzene rings is 1. The Morgan fingerprint density at radius 1 is 1.50 bits per heavy atom. The predicted octanol–water partition coefficient (Wildman–Crippen LogP) is 1.33. The van der Waals surface area contributed by atoms with Gasteiger partial charge in [0.05, 0.1) is 12.6 Å². The summed E-state index contributed by atoms with van der Waals surface area (Å²) in [6.07, 6.45) is 0. The Labute approximate surface area is 108 Å². The van der Waals surface area contributed by atoms with Crippen LogP contribution in [-0.2, 0) is 0 Å². The third kappa shape index (κ3) is 4.11. The van der Waals surface area contributed by atoms with Crippen molar-refractivity contribution in [2.24, 2.45) is 5.73 Å². The third-order valence-corrected chi connectivity index (χ3v) is 2.47. The Bertz CT molecular complexity index is 471. The van der Waals surface area contributed by atoms with Crippen LogP contribution >= 0.6 is 0 Å². The lowest BCUT2D eigenvalue weighted by atomic mass is 10.1. The number of carbonyl (C=O) groups is 1. The monoisotopic (exact) mass is 245 g/mol. The Kier molecular flexibility index (Phi) is 5.22. The van der Waals surface area contributed by atoms with E-state index in [2.05, 4.69) is 17.2 Å². The minimum Gasteiger partial charge on any atom is -0.331 e. The first-order valence-electron chi connectivity index (χ1n) is 5.81. The second-order valence-electron chi connectivity index (χ2n) is 4.20. The van der Waals surface area contributed by atoms with Gasteiger partial charge >= 0.3 is 6.03 Å². The van der Waals surface area contributed by atoms with Crippen molar-refractivity contribution in [1.82, 2.24) is 10.2 Å². The molecule has 1 atom stereocenters. The lowest BCUT2D eigenvalue weighted by molar-refractivity contribution is 0.214. The highest BCUT2D eigenvalue weighted by molar-refractivity contribution is 5.74. The Balaban J connectivity index is 2.80. The SMILES string of the molecule is CC(NC(=O)N(C)C)c1cccc(C#CCN)c1. The van der Waals surface area contributed by atoms with Crippen LogP contribution in [0.25, 0.3) is 0 Å². The first-order valence-corrected chi connectivity index (χ1v) is 5.81. The largest absolute Gasteiger partial charge is 0.331 e. The smallest absolute Gasteiger partial charge is 0.317 e. The minimum atomic E-state index is -0.110. The molecule has 0 aliphatic heterocycles. The normalized spacial score (nSPS) is 11.1. The molecule has 0 saturated heterocycles. The fourth-order valence-corrected chi connectivity index (χ4v) is 1.44. The van der Waals surface area contributed by atoms with Crippen molar-refractivity contribution in [2.45, 2.75) is 13.0 Å². The Hall–Kier alpha value is -1.99. The molecule has 0 bridgehead atoms. The first kappa shape index (κ1) is 14.1. The summed E-state index contributed by atoms with van der Waals surface area (Å²) >= 11 is 0. The summed E-state index contributed by atoms with van der Waals surface area (Å²) in [4.78, 5) is 13.1. The van der Waals surface area contributed by atoms with E-state index in [9.17, 15) is 4.79 Å². The summed E-state index contributed by atoms with van der Waals surface area (Å²) < 4.78 is 0. The van der Waals surface area contributed by atoms with Gasteiger partial charge in [0.15, 0.2) is 0 Å².